The minimum atomic E-state index is 0.720. The minimum Gasteiger partial charge on any atom is -0.385 e. The van der Waals surface area contributed by atoms with Crippen LogP contribution >= 0.6 is 23.2 Å². The second-order valence-electron chi connectivity index (χ2n) is 6.95. The predicted octanol–water partition coefficient (Wildman–Crippen LogP) is 6.87. The van der Waals surface area contributed by atoms with Crippen LogP contribution in [-0.2, 0) is 0 Å². The molecule has 0 saturated carbocycles. The zero-order chi connectivity index (χ0) is 20.6. The van der Waals surface area contributed by atoms with Crippen molar-refractivity contribution in [3.63, 3.8) is 0 Å². The van der Waals surface area contributed by atoms with Crippen LogP contribution in [0.15, 0.2) is 60.7 Å². The number of pyridine rings is 1. The lowest BCUT2D eigenvalue weighted by Crippen LogP contribution is -2.25. The molecule has 0 aliphatic heterocycles. The lowest BCUT2D eigenvalue weighted by molar-refractivity contribution is 0.303. The van der Waals surface area contributed by atoms with Gasteiger partial charge in [-0.1, -0.05) is 61.3 Å². The summed E-state index contributed by atoms with van der Waals surface area (Å²) in [6.45, 7) is 8.60. The van der Waals surface area contributed by atoms with Crippen molar-refractivity contribution >= 4 is 28.9 Å². The Kier molecular flexibility index (Phi) is 7.93. The number of hydrogen-bond donors (Lipinski definition) is 1. The van der Waals surface area contributed by atoms with E-state index in [1.807, 2.05) is 48.5 Å². The van der Waals surface area contributed by atoms with Crippen molar-refractivity contribution in [2.45, 2.75) is 20.3 Å². The van der Waals surface area contributed by atoms with Gasteiger partial charge in [-0.2, -0.15) is 0 Å². The highest BCUT2D eigenvalue weighted by Gasteiger charge is 2.08. The van der Waals surface area contributed by atoms with Crippen LogP contribution in [-0.4, -0.2) is 36.1 Å². The number of rotatable bonds is 9. The number of hydrogen-bond acceptors (Lipinski definition) is 3. The molecule has 0 spiro atoms. The molecule has 0 aliphatic carbocycles. The third kappa shape index (κ3) is 6.20. The smallest absolute Gasteiger partial charge is 0.0730 e. The van der Waals surface area contributed by atoms with Gasteiger partial charge in [-0.15, -0.1) is 0 Å². The molecule has 1 heterocycles. The summed E-state index contributed by atoms with van der Waals surface area (Å²) in [6.07, 6.45) is 1.09. The molecule has 152 valence electrons. The summed E-state index contributed by atoms with van der Waals surface area (Å²) in [4.78, 5) is 7.32. The Labute approximate surface area is 183 Å². The molecule has 2 aromatic carbocycles. The Morgan fingerprint density at radius 3 is 1.72 bits per heavy atom. The maximum Gasteiger partial charge on any atom is 0.0730 e. The molecule has 0 aliphatic rings. The Balaban J connectivity index is 1.84. The molecule has 0 atom stereocenters. The van der Waals surface area contributed by atoms with Gasteiger partial charge in [-0.05, 0) is 62.5 Å². The summed E-state index contributed by atoms with van der Waals surface area (Å²) in [5.74, 6) is 0. The summed E-state index contributed by atoms with van der Waals surface area (Å²) < 4.78 is 0. The van der Waals surface area contributed by atoms with Crippen LogP contribution < -0.4 is 5.32 Å². The van der Waals surface area contributed by atoms with Crippen molar-refractivity contribution in [2.75, 3.05) is 31.5 Å². The molecule has 1 aromatic heterocycles. The van der Waals surface area contributed by atoms with E-state index in [1.54, 1.807) is 0 Å². The van der Waals surface area contributed by atoms with E-state index in [0.29, 0.717) is 0 Å². The van der Waals surface area contributed by atoms with Gasteiger partial charge in [0.25, 0.3) is 0 Å². The first-order chi connectivity index (χ1) is 14.1. The van der Waals surface area contributed by atoms with E-state index in [9.17, 15) is 0 Å². The van der Waals surface area contributed by atoms with Crippen molar-refractivity contribution in [1.29, 1.82) is 0 Å². The summed E-state index contributed by atoms with van der Waals surface area (Å²) >= 11 is 12.1. The molecular formula is C24H27Cl2N3. The highest BCUT2D eigenvalue weighted by Crippen LogP contribution is 2.28. The molecule has 0 unspecified atom stereocenters. The Hall–Kier alpha value is -2.07. The second-order valence-corrected chi connectivity index (χ2v) is 7.82. The highest BCUT2D eigenvalue weighted by molar-refractivity contribution is 6.30. The van der Waals surface area contributed by atoms with Gasteiger partial charge in [-0.3, -0.25) is 0 Å². The van der Waals surface area contributed by atoms with Crippen LogP contribution in [0.25, 0.3) is 22.5 Å². The van der Waals surface area contributed by atoms with Crippen molar-refractivity contribution < 1.29 is 0 Å². The monoisotopic (exact) mass is 427 g/mol. The van der Waals surface area contributed by atoms with Gasteiger partial charge >= 0.3 is 0 Å². The SMILES string of the molecule is CCN(CC)CCCNc1cc(-c2ccc(Cl)cc2)nc(-c2ccc(Cl)cc2)c1. The van der Waals surface area contributed by atoms with E-state index in [-0.39, 0.29) is 0 Å². The molecule has 5 heteroatoms. The lowest BCUT2D eigenvalue weighted by atomic mass is 10.1. The topological polar surface area (TPSA) is 28.2 Å². The Morgan fingerprint density at radius 2 is 1.28 bits per heavy atom. The third-order valence-corrected chi connectivity index (χ3v) is 5.48. The first kappa shape index (κ1) is 21.6. The number of halogens is 2. The van der Waals surface area contributed by atoms with Crippen molar-refractivity contribution in [2.24, 2.45) is 0 Å². The maximum absolute atomic E-state index is 6.06. The van der Waals surface area contributed by atoms with Crippen LogP contribution in [0.4, 0.5) is 5.69 Å². The number of anilines is 1. The van der Waals surface area contributed by atoms with Gasteiger partial charge in [0, 0.05) is 33.4 Å². The fraction of sp³-hybridized carbons (Fsp3) is 0.292. The number of nitrogens with one attached hydrogen (secondary N) is 1. The fourth-order valence-corrected chi connectivity index (χ4v) is 3.50. The molecule has 3 nitrogen and oxygen atoms in total. The average molecular weight is 428 g/mol. The van der Waals surface area contributed by atoms with Gasteiger partial charge in [0.2, 0.25) is 0 Å². The molecular weight excluding hydrogens is 401 g/mol. The standard InChI is InChI=1S/C24H27Cl2N3/c1-3-29(4-2)15-5-14-27-22-16-23(18-6-10-20(25)11-7-18)28-24(17-22)19-8-12-21(26)13-9-19/h6-13,16-17H,3-5,14-15H2,1-2H3,(H,27,28). The lowest BCUT2D eigenvalue weighted by Gasteiger charge is -2.18. The zero-order valence-electron chi connectivity index (χ0n) is 17.0. The van der Waals surface area contributed by atoms with Crippen LogP contribution in [0.3, 0.4) is 0 Å². The molecule has 0 fully saturated rings. The highest BCUT2D eigenvalue weighted by atomic mass is 35.5. The van der Waals surface area contributed by atoms with Crippen LogP contribution in [0.2, 0.25) is 10.0 Å². The van der Waals surface area contributed by atoms with E-state index >= 15 is 0 Å². The summed E-state index contributed by atoms with van der Waals surface area (Å²) in [6, 6.07) is 19.8. The van der Waals surface area contributed by atoms with E-state index in [0.717, 1.165) is 70.8 Å². The third-order valence-electron chi connectivity index (χ3n) is 4.98. The number of aromatic nitrogens is 1. The summed E-state index contributed by atoms with van der Waals surface area (Å²) in [5, 5.41) is 5.01. The molecule has 0 saturated heterocycles. The van der Waals surface area contributed by atoms with Gasteiger partial charge in [0.05, 0.1) is 11.4 Å². The van der Waals surface area contributed by atoms with Crippen LogP contribution in [0.1, 0.15) is 20.3 Å². The van der Waals surface area contributed by atoms with E-state index in [4.69, 9.17) is 28.2 Å². The van der Waals surface area contributed by atoms with Crippen molar-refractivity contribution in [3.8, 4) is 22.5 Å². The maximum atomic E-state index is 6.06. The molecule has 29 heavy (non-hydrogen) atoms. The Morgan fingerprint density at radius 1 is 0.793 bits per heavy atom. The molecule has 3 aromatic rings. The molecule has 0 radical (unpaired) electrons. The van der Waals surface area contributed by atoms with E-state index in [1.165, 1.54) is 0 Å². The molecule has 3 rings (SSSR count). The van der Waals surface area contributed by atoms with E-state index < -0.39 is 0 Å². The normalized spacial score (nSPS) is 11.1. The number of nitrogens with zero attached hydrogens (tertiary/aromatic N) is 2. The van der Waals surface area contributed by atoms with Crippen LogP contribution in [0, 0.1) is 0 Å². The first-order valence-electron chi connectivity index (χ1n) is 10.1. The minimum absolute atomic E-state index is 0.720. The molecule has 1 N–H and O–H groups in total. The van der Waals surface area contributed by atoms with Crippen molar-refractivity contribution in [3.05, 3.63) is 70.7 Å². The number of benzene rings is 2. The van der Waals surface area contributed by atoms with Crippen LogP contribution in [0.5, 0.6) is 0 Å². The van der Waals surface area contributed by atoms with E-state index in [2.05, 4.69) is 36.2 Å². The summed E-state index contributed by atoms with van der Waals surface area (Å²) in [5.41, 5.74) is 4.97. The molecule has 0 amide bonds. The van der Waals surface area contributed by atoms with Gasteiger partial charge in [0.15, 0.2) is 0 Å². The van der Waals surface area contributed by atoms with Gasteiger partial charge in [0.1, 0.15) is 0 Å². The Bertz CT molecular complexity index is 841. The van der Waals surface area contributed by atoms with Gasteiger partial charge < -0.3 is 10.2 Å². The predicted molar refractivity (Wildman–Crippen MR) is 126 cm³/mol. The quantitative estimate of drug-likeness (QED) is 0.377. The largest absolute Gasteiger partial charge is 0.385 e. The summed E-state index contributed by atoms with van der Waals surface area (Å²) in [7, 11) is 0. The average Bonchev–Trinajstić information content (AvgIpc) is 2.75. The zero-order valence-corrected chi connectivity index (χ0v) is 18.5. The van der Waals surface area contributed by atoms with Crippen molar-refractivity contribution in [1.82, 2.24) is 9.88 Å². The molecule has 0 bridgehead atoms. The van der Waals surface area contributed by atoms with Gasteiger partial charge in [-0.25, -0.2) is 4.98 Å². The fourth-order valence-electron chi connectivity index (χ4n) is 3.24. The first-order valence-corrected chi connectivity index (χ1v) is 10.8. The second kappa shape index (κ2) is 10.6.